The zero-order valence-electron chi connectivity index (χ0n) is 17.4. The summed E-state index contributed by atoms with van der Waals surface area (Å²) in [6, 6.07) is 15.5. The first-order valence-electron chi connectivity index (χ1n) is 10.7. The number of benzene rings is 2. The van der Waals surface area contributed by atoms with Crippen LogP contribution in [0.15, 0.2) is 60.7 Å². The van der Waals surface area contributed by atoms with Gasteiger partial charge in [-0.2, -0.15) is 0 Å². The highest BCUT2D eigenvalue weighted by Gasteiger charge is 2.34. The highest BCUT2D eigenvalue weighted by Crippen LogP contribution is 2.27. The number of carbonyl (C=O) groups excluding carboxylic acids is 3. The van der Waals surface area contributed by atoms with Gasteiger partial charge in [-0.05, 0) is 36.5 Å². The van der Waals surface area contributed by atoms with Gasteiger partial charge in [-0.3, -0.25) is 14.4 Å². The molecule has 0 radical (unpaired) electrons. The van der Waals surface area contributed by atoms with E-state index in [1.54, 1.807) is 60.7 Å². The average molecular weight is 424 g/mol. The van der Waals surface area contributed by atoms with Crippen LogP contribution in [0.2, 0.25) is 0 Å². The Morgan fingerprint density at radius 1 is 0.871 bits per heavy atom. The monoisotopic (exact) mass is 423 g/mol. The van der Waals surface area contributed by atoms with Crippen LogP contribution in [0.25, 0.3) is 0 Å². The Morgan fingerprint density at radius 2 is 1.45 bits per heavy atom. The van der Waals surface area contributed by atoms with Gasteiger partial charge in [-0.1, -0.05) is 67.8 Å². The highest BCUT2D eigenvalue weighted by atomic mass is 16.3. The average Bonchev–Trinajstić information content (AvgIpc) is 2.81. The smallest absolute Gasteiger partial charge is 0.252 e. The summed E-state index contributed by atoms with van der Waals surface area (Å²) in [5, 5.41) is 16.3. The Morgan fingerprint density at radius 3 is 2.03 bits per heavy atom. The van der Waals surface area contributed by atoms with Crippen molar-refractivity contribution in [3.8, 4) is 0 Å². The first-order chi connectivity index (χ1) is 15.0. The number of nitrogens with two attached hydrogens (primary N) is 1. The molecule has 1 fully saturated rings. The number of amides is 3. The third-order valence-corrected chi connectivity index (χ3v) is 5.79. The molecule has 5 N–H and O–H groups in total. The molecule has 3 rings (SSSR count). The second-order valence-corrected chi connectivity index (χ2v) is 7.96. The molecule has 0 bridgehead atoms. The minimum absolute atomic E-state index is 0.0449. The molecule has 0 aromatic heterocycles. The van der Waals surface area contributed by atoms with Crippen LogP contribution in [-0.4, -0.2) is 35.0 Å². The molecule has 164 valence electrons. The minimum Gasteiger partial charge on any atom is -0.381 e. The van der Waals surface area contributed by atoms with E-state index < -0.39 is 35.9 Å². The lowest BCUT2D eigenvalue weighted by atomic mass is 9.83. The first-order valence-corrected chi connectivity index (χ1v) is 10.7. The fourth-order valence-electron chi connectivity index (χ4n) is 4.10. The molecule has 0 spiro atoms. The highest BCUT2D eigenvalue weighted by molar-refractivity contribution is 5.95. The molecule has 0 saturated heterocycles. The third-order valence-electron chi connectivity index (χ3n) is 5.79. The predicted molar refractivity (Wildman–Crippen MR) is 117 cm³/mol. The molecular weight excluding hydrogens is 394 g/mol. The Hall–Kier alpha value is -3.19. The molecule has 2 aromatic rings. The second kappa shape index (κ2) is 10.7. The first kappa shape index (κ1) is 22.5. The molecule has 2 aromatic carbocycles. The van der Waals surface area contributed by atoms with Crippen molar-refractivity contribution in [2.45, 2.75) is 50.3 Å². The molecular formula is C24H29N3O4. The van der Waals surface area contributed by atoms with Crippen LogP contribution >= 0.6 is 0 Å². The summed E-state index contributed by atoms with van der Waals surface area (Å²) in [4.78, 5) is 37.6. The van der Waals surface area contributed by atoms with Crippen molar-refractivity contribution in [2.75, 3.05) is 0 Å². The number of rotatable bonds is 8. The van der Waals surface area contributed by atoms with Crippen LogP contribution in [0, 0.1) is 5.92 Å². The molecule has 1 aliphatic carbocycles. The lowest BCUT2D eigenvalue weighted by Gasteiger charge is -2.31. The van der Waals surface area contributed by atoms with Gasteiger partial charge in [0.05, 0.1) is 6.04 Å². The summed E-state index contributed by atoms with van der Waals surface area (Å²) < 4.78 is 0. The molecule has 1 aliphatic rings. The summed E-state index contributed by atoms with van der Waals surface area (Å²) >= 11 is 0. The Bertz CT molecular complexity index is 882. The molecule has 0 heterocycles. The Labute approximate surface area is 182 Å². The van der Waals surface area contributed by atoms with Crippen molar-refractivity contribution in [3.05, 3.63) is 71.8 Å². The van der Waals surface area contributed by atoms with Gasteiger partial charge in [0.1, 0.15) is 6.04 Å². The molecule has 0 unspecified atom stereocenters. The van der Waals surface area contributed by atoms with Crippen molar-refractivity contribution in [1.82, 2.24) is 10.6 Å². The normalized spacial score (nSPS) is 17.2. The Kier molecular flexibility index (Phi) is 7.78. The topological polar surface area (TPSA) is 122 Å². The van der Waals surface area contributed by atoms with Gasteiger partial charge < -0.3 is 21.5 Å². The number of hydrogen-bond donors (Lipinski definition) is 4. The maximum Gasteiger partial charge on any atom is 0.252 e. The zero-order chi connectivity index (χ0) is 22.2. The summed E-state index contributed by atoms with van der Waals surface area (Å²) in [5.41, 5.74) is 6.54. The molecule has 31 heavy (non-hydrogen) atoms. The number of nitrogens with one attached hydrogen (secondary N) is 2. The molecule has 0 aliphatic heterocycles. The fourth-order valence-corrected chi connectivity index (χ4v) is 4.10. The van der Waals surface area contributed by atoms with Crippen LogP contribution in [0.1, 0.15) is 54.1 Å². The van der Waals surface area contributed by atoms with Gasteiger partial charge in [-0.25, -0.2) is 0 Å². The van der Waals surface area contributed by atoms with Gasteiger partial charge in [0.15, 0.2) is 6.10 Å². The Balaban J connectivity index is 1.78. The maximum absolute atomic E-state index is 12.9. The molecule has 3 amide bonds. The predicted octanol–water partition coefficient (Wildman–Crippen LogP) is 2.07. The summed E-state index contributed by atoms with van der Waals surface area (Å²) in [5.74, 6) is -1.81. The summed E-state index contributed by atoms with van der Waals surface area (Å²) in [6.07, 6.45) is 3.06. The summed E-state index contributed by atoms with van der Waals surface area (Å²) in [7, 11) is 0. The van der Waals surface area contributed by atoms with E-state index in [0.29, 0.717) is 11.1 Å². The van der Waals surface area contributed by atoms with E-state index in [4.69, 9.17) is 5.73 Å². The van der Waals surface area contributed by atoms with Crippen molar-refractivity contribution in [1.29, 1.82) is 0 Å². The fraction of sp³-hybridized carbons (Fsp3) is 0.375. The van der Waals surface area contributed by atoms with Crippen LogP contribution in [0.4, 0.5) is 0 Å². The number of hydrogen-bond acceptors (Lipinski definition) is 4. The summed E-state index contributed by atoms with van der Waals surface area (Å²) in [6.45, 7) is 0. The van der Waals surface area contributed by atoms with Crippen LogP contribution in [0.5, 0.6) is 0 Å². The van der Waals surface area contributed by atoms with E-state index in [0.717, 1.165) is 32.1 Å². The molecule has 7 nitrogen and oxygen atoms in total. The molecule has 3 atom stereocenters. The van der Waals surface area contributed by atoms with E-state index in [2.05, 4.69) is 10.6 Å². The minimum atomic E-state index is -1.60. The van der Waals surface area contributed by atoms with E-state index >= 15 is 0 Å². The number of aliphatic hydroxyl groups is 1. The van der Waals surface area contributed by atoms with Crippen LogP contribution in [-0.2, 0) is 9.59 Å². The number of carbonyl (C=O) groups is 3. The maximum atomic E-state index is 12.9. The second-order valence-electron chi connectivity index (χ2n) is 7.96. The van der Waals surface area contributed by atoms with Gasteiger partial charge >= 0.3 is 0 Å². The zero-order valence-corrected chi connectivity index (χ0v) is 17.4. The third kappa shape index (κ3) is 5.92. The van der Waals surface area contributed by atoms with Crippen molar-refractivity contribution < 1.29 is 19.5 Å². The van der Waals surface area contributed by atoms with E-state index in [1.165, 1.54) is 0 Å². The van der Waals surface area contributed by atoms with E-state index in [-0.39, 0.29) is 5.92 Å². The lowest BCUT2D eigenvalue weighted by molar-refractivity contribution is -0.135. The largest absolute Gasteiger partial charge is 0.381 e. The quantitative estimate of drug-likeness (QED) is 0.519. The van der Waals surface area contributed by atoms with Crippen molar-refractivity contribution in [3.63, 3.8) is 0 Å². The van der Waals surface area contributed by atoms with Gasteiger partial charge in [0.25, 0.3) is 11.8 Å². The van der Waals surface area contributed by atoms with Crippen LogP contribution < -0.4 is 16.4 Å². The van der Waals surface area contributed by atoms with E-state index in [9.17, 15) is 19.5 Å². The van der Waals surface area contributed by atoms with Crippen molar-refractivity contribution in [2.24, 2.45) is 11.7 Å². The number of primary amides is 1. The molecule has 1 saturated carbocycles. The SMILES string of the molecule is NC(=O)[C@@H](NC(=O)[C@H](O)[C@@H](NC(=O)c1ccccc1)c1ccccc1)C1CCCCC1. The standard InChI is InChI=1S/C24H29N3O4/c25-22(29)20(17-12-6-2-7-13-17)27-24(31)21(28)19(16-10-4-1-5-11-16)26-23(30)18-14-8-3-9-15-18/h1,3-5,8-11,14-15,17,19-21,28H,2,6-7,12-13H2,(H2,25,29)(H,26,30)(H,27,31)/t19-,20-,21+/m0/s1. The van der Waals surface area contributed by atoms with E-state index in [1.807, 2.05) is 0 Å². The van der Waals surface area contributed by atoms with Gasteiger partial charge in [0.2, 0.25) is 5.91 Å². The molecule has 7 heteroatoms. The lowest BCUT2D eigenvalue weighted by Crippen LogP contribution is -2.54. The van der Waals surface area contributed by atoms with Crippen LogP contribution in [0.3, 0.4) is 0 Å². The van der Waals surface area contributed by atoms with Gasteiger partial charge in [0, 0.05) is 5.56 Å². The number of aliphatic hydroxyl groups excluding tert-OH is 1. The van der Waals surface area contributed by atoms with Crippen molar-refractivity contribution >= 4 is 17.7 Å². The van der Waals surface area contributed by atoms with Gasteiger partial charge in [-0.15, -0.1) is 0 Å².